The normalized spacial score (nSPS) is 18.1. The van der Waals surface area contributed by atoms with Crippen LogP contribution in [0.5, 0.6) is 0 Å². The lowest BCUT2D eigenvalue weighted by molar-refractivity contribution is -0.164. The van der Waals surface area contributed by atoms with Crippen LogP contribution in [-0.4, -0.2) is 65.7 Å². The summed E-state index contributed by atoms with van der Waals surface area (Å²) in [6, 6.07) is 13.1. The number of nitrogens with zero attached hydrogens (tertiary/aromatic N) is 1. The maximum atomic E-state index is 15.4. The Kier molecular flexibility index (Phi) is 10.4. The molecular weight excluding hydrogens is 641 g/mol. The van der Waals surface area contributed by atoms with Crippen LogP contribution in [0, 0.1) is 5.82 Å². The molecule has 1 fully saturated rings. The molecule has 0 aromatic heterocycles. The molecule has 11 nitrogen and oxygen atoms in total. The highest BCUT2D eigenvalue weighted by Gasteiger charge is 2.54. The van der Waals surface area contributed by atoms with E-state index in [1.807, 2.05) is 0 Å². The van der Waals surface area contributed by atoms with Crippen molar-refractivity contribution >= 4 is 51.0 Å². The van der Waals surface area contributed by atoms with E-state index in [4.69, 9.17) is 21.4 Å². The molecule has 3 N–H and O–H groups in total. The lowest BCUT2D eigenvalue weighted by Gasteiger charge is -2.32. The van der Waals surface area contributed by atoms with Gasteiger partial charge in [0.1, 0.15) is 17.5 Å². The molecule has 4 rings (SSSR count). The number of nitrogens with one attached hydrogen (secondary N) is 2. The maximum Gasteiger partial charge on any atom is 0.329 e. The number of carboxylic acid groups (broad SMARTS) is 1. The van der Waals surface area contributed by atoms with Crippen LogP contribution in [0.1, 0.15) is 44.4 Å². The number of amides is 3. The molecule has 3 aromatic rings. The number of carboxylic acids is 1. The largest absolute Gasteiger partial charge is 0.481 e. The first kappa shape index (κ1) is 34.4. The summed E-state index contributed by atoms with van der Waals surface area (Å²) in [6.45, 7) is 4.14. The van der Waals surface area contributed by atoms with Crippen LogP contribution in [-0.2, 0) is 35.4 Å². The maximum absolute atomic E-state index is 15.4. The number of rotatable bonds is 9. The first-order valence-electron chi connectivity index (χ1n) is 14.2. The van der Waals surface area contributed by atoms with Crippen molar-refractivity contribution in [3.8, 4) is 0 Å². The summed E-state index contributed by atoms with van der Waals surface area (Å²) >= 11 is 5.98. The standard InChI is InChI=1S/C32H33ClFN3O8S/c1-32(2,3)45-30(41)25-17-26(46(43,44)22-13-11-20(33)12-14-22)29(23-9-4-5-10-24(23)34)37(25)27(38)18-35-31(42)36-21-8-6-7-19(15-21)16-28(39)40/h4-15,25-26,29H,16-18H2,1-3H3,(H,39,40)(H2,35,36,42). The van der Waals surface area contributed by atoms with Crippen molar-refractivity contribution in [1.82, 2.24) is 10.2 Å². The Labute approximate surface area is 270 Å². The zero-order valence-corrected chi connectivity index (χ0v) is 26.8. The number of urea groups is 1. The molecule has 0 radical (unpaired) electrons. The Balaban J connectivity index is 1.69. The second-order valence-electron chi connectivity index (χ2n) is 11.7. The summed E-state index contributed by atoms with van der Waals surface area (Å²) in [5.41, 5.74) is -0.446. The van der Waals surface area contributed by atoms with Crippen LogP contribution in [0.4, 0.5) is 14.9 Å². The van der Waals surface area contributed by atoms with E-state index in [2.05, 4.69) is 10.6 Å². The van der Waals surface area contributed by atoms with Crippen molar-refractivity contribution in [2.45, 2.75) is 61.4 Å². The van der Waals surface area contributed by atoms with E-state index < -0.39 is 75.4 Å². The quantitative estimate of drug-likeness (QED) is 0.275. The molecule has 0 aliphatic carbocycles. The van der Waals surface area contributed by atoms with Gasteiger partial charge in [0, 0.05) is 16.3 Å². The predicted octanol–water partition coefficient (Wildman–Crippen LogP) is 4.75. The molecule has 46 heavy (non-hydrogen) atoms. The van der Waals surface area contributed by atoms with E-state index in [1.54, 1.807) is 32.9 Å². The Morgan fingerprint density at radius 3 is 2.33 bits per heavy atom. The van der Waals surface area contributed by atoms with Gasteiger partial charge in [-0.25, -0.2) is 22.4 Å². The number of hydrogen-bond acceptors (Lipinski definition) is 7. The van der Waals surface area contributed by atoms with Crippen LogP contribution in [0.25, 0.3) is 0 Å². The van der Waals surface area contributed by atoms with Crippen molar-refractivity contribution in [2.75, 3.05) is 11.9 Å². The SMILES string of the molecule is CC(C)(C)OC(=O)C1CC(S(=O)(=O)c2ccc(Cl)cc2)C(c2ccccc2F)N1C(=O)CNC(=O)Nc1cccc(CC(=O)O)c1. The summed E-state index contributed by atoms with van der Waals surface area (Å²) in [6.07, 6.45) is -0.679. The van der Waals surface area contributed by atoms with E-state index >= 15 is 4.39 Å². The van der Waals surface area contributed by atoms with Crippen molar-refractivity contribution in [2.24, 2.45) is 0 Å². The Morgan fingerprint density at radius 1 is 1.02 bits per heavy atom. The van der Waals surface area contributed by atoms with Gasteiger partial charge in [0.2, 0.25) is 5.91 Å². The van der Waals surface area contributed by atoms with Gasteiger partial charge in [-0.1, -0.05) is 41.9 Å². The monoisotopic (exact) mass is 673 g/mol. The molecule has 3 aromatic carbocycles. The topological polar surface area (TPSA) is 159 Å². The molecule has 0 spiro atoms. The van der Waals surface area contributed by atoms with Gasteiger partial charge in [-0.2, -0.15) is 0 Å². The number of sulfone groups is 1. The highest BCUT2D eigenvalue weighted by Crippen LogP contribution is 2.44. The van der Waals surface area contributed by atoms with E-state index in [0.29, 0.717) is 5.56 Å². The minimum absolute atomic E-state index is 0.135. The first-order chi connectivity index (χ1) is 21.6. The third-order valence-corrected chi connectivity index (χ3v) is 9.54. The minimum Gasteiger partial charge on any atom is -0.481 e. The van der Waals surface area contributed by atoms with Crippen LogP contribution in [0.3, 0.4) is 0 Å². The number of halogens is 2. The minimum atomic E-state index is -4.30. The van der Waals surface area contributed by atoms with E-state index in [0.717, 1.165) is 11.0 Å². The number of anilines is 1. The van der Waals surface area contributed by atoms with E-state index in [1.165, 1.54) is 54.6 Å². The third kappa shape index (κ3) is 8.20. The number of benzene rings is 3. The fourth-order valence-corrected chi connectivity index (χ4v) is 7.30. The van der Waals surface area contributed by atoms with Crippen LogP contribution >= 0.6 is 11.6 Å². The van der Waals surface area contributed by atoms with Gasteiger partial charge < -0.3 is 25.4 Å². The Morgan fingerprint density at radius 2 is 1.70 bits per heavy atom. The number of carbonyl (C=O) groups is 4. The zero-order chi connectivity index (χ0) is 33.8. The lowest BCUT2D eigenvalue weighted by Crippen LogP contribution is -2.49. The first-order valence-corrected chi connectivity index (χ1v) is 16.1. The summed E-state index contributed by atoms with van der Waals surface area (Å²) in [5, 5.41) is 12.7. The van der Waals surface area contributed by atoms with Gasteiger partial charge in [-0.3, -0.25) is 9.59 Å². The van der Waals surface area contributed by atoms with E-state index in [9.17, 15) is 27.6 Å². The Hall–Kier alpha value is -4.49. The second kappa shape index (κ2) is 13.9. The van der Waals surface area contributed by atoms with E-state index in [-0.39, 0.29) is 27.6 Å². The summed E-state index contributed by atoms with van der Waals surface area (Å²) < 4.78 is 49.0. The van der Waals surface area contributed by atoms with Crippen LogP contribution < -0.4 is 10.6 Å². The molecule has 1 aliphatic rings. The van der Waals surface area contributed by atoms with Gasteiger partial charge in [0.15, 0.2) is 9.84 Å². The molecule has 14 heteroatoms. The highest BCUT2D eigenvalue weighted by molar-refractivity contribution is 7.92. The van der Waals surface area contributed by atoms with Gasteiger partial charge in [0.05, 0.1) is 29.2 Å². The smallest absolute Gasteiger partial charge is 0.329 e. The van der Waals surface area contributed by atoms with Crippen LogP contribution in [0.15, 0.2) is 77.7 Å². The van der Waals surface area contributed by atoms with Gasteiger partial charge in [0.25, 0.3) is 0 Å². The zero-order valence-electron chi connectivity index (χ0n) is 25.2. The van der Waals surface area contributed by atoms with Crippen LogP contribution in [0.2, 0.25) is 5.02 Å². The molecule has 3 atom stereocenters. The molecular formula is C32H33ClFN3O8S. The number of ether oxygens (including phenoxy) is 1. The van der Waals surface area contributed by atoms with Gasteiger partial charge in [-0.05, 0) is 75.2 Å². The van der Waals surface area contributed by atoms with Crippen molar-refractivity contribution < 1.29 is 41.8 Å². The molecule has 1 aliphatic heterocycles. The third-order valence-electron chi connectivity index (χ3n) is 7.12. The van der Waals surface area contributed by atoms with Crippen molar-refractivity contribution in [1.29, 1.82) is 0 Å². The second-order valence-corrected chi connectivity index (χ2v) is 14.3. The highest BCUT2D eigenvalue weighted by atomic mass is 35.5. The predicted molar refractivity (Wildman–Crippen MR) is 167 cm³/mol. The number of aliphatic carboxylic acids is 1. The Bertz CT molecular complexity index is 1740. The molecule has 0 saturated carbocycles. The fraction of sp³-hybridized carbons (Fsp3) is 0.312. The molecule has 0 bridgehead atoms. The average molecular weight is 674 g/mol. The molecule has 1 heterocycles. The lowest BCUT2D eigenvalue weighted by atomic mass is 10.0. The average Bonchev–Trinajstić information content (AvgIpc) is 3.37. The summed E-state index contributed by atoms with van der Waals surface area (Å²) in [5.74, 6) is -3.61. The fourth-order valence-electron chi connectivity index (χ4n) is 5.26. The number of esters is 1. The number of likely N-dealkylation sites (tertiary alicyclic amines) is 1. The summed E-state index contributed by atoms with van der Waals surface area (Å²) in [7, 11) is -4.30. The molecule has 3 unspecified atom stereocenters. The molecule has 1 saturated heterocycles. The number of hydrogen-bond donors (Lipinski definition) is 3. The van der Waals surface area contributed by atoms with Gasteiger partial charge in [-0.15, -0.1) is 0 Å². The molecule has 3 amide bonds. The number of carbonyl (C=O) groups excluding carboxylic acids is 3. The van der Waals surface area contributed by atoms with Crippen molar-refractivity contribution in [3.05, 3.63) is 94.8 Å². The van der Waals surface area contributed by atoms with Crippen molar-refractivity contribution in [3.63, 3.8) is 0 Å². The molecule has 244 valence electrons. The summed E-state index contributed by atoms with van der Waals surface area (Å²) in [4.78, 5) is 52.0. The van der Waals surface area contributed by atoms with Gasteiger partial charge >= 0.3 is 18.0 Å².